The normalized spacial score (nSPS) is 13.5. The fourth-order valence-electron chi connectivity index (χ4n) is 3.07. The van der Waals surface area contributed by atoms with Crippen molar-refractivity contribution in [3.8, 4) is 5.75 Å². The number of carbonyl (C=O) groups is 3. The van der Waals surface area contributed by atoms with Gasteiger partial charge < -0.3 is 20.3 Å². The summed E-state index contributed by atoms with van der Waals surface area (Å²) in [6.07, 6.45) is 1.50. The van der Waals surface area contributed by atoms with Gasteiger partial charge in [0.1, 0.15) is 5.75 Å². The Morgan fingerprint density at radius 3 is 2.34 bits per heavy atom. The number of carbonyl (C=O) groups excluding carboxylic acids is 3. The fourth-order valence-corrected chi connectivity index (χ4v) is 3.07. The van der Waals surface area contributed by atoms with Crippen LogP contribution in [-0.4, -0.2) is 36.9 Å². The second-order valence-corrected chi connectivity index (χ2v) is 7.12. The van der Waals surface area contributed by atoms with Gasteiger partial charge in [-0.25, -0.2) is 0 Å². The number of rotatable bonds is 7. The van der Waals surface area contributed by atoms with Crippen molar-refractivity contribution < 1.29 is 19.1 Å². The van der Waals surface area contributed by atoms with Gasteiger partial charge in [0.15, 0.2) is 0 Å². The molecule has 2 aromatic carbocycles. The SMILES string of the molecule is CC(C)Oc1ccc(C(=O)NCC(=O)Nc2ccc(N3CCCC3=O)cc2)cc1. The molecule has 0 bridgehead atoms. The van der Waals surface area contributed by atoms with Crippen LogP contribution < -0.4 is 20.3 Å². The van der Waals surface area contributed by atoms with Crippen molar-refractivity contribution in [3.05, 3.63) is 54.1 Å². The second-order valence-electron chi connectivity index (χ2n) is 7.12. The molecule has 3 rings (SSSR count). The predicted molar refractivity (Wildman–Crippen MR) is 111 cm³/mol. The summed E-state index contributed by atoms with van der Waals surface area (Å²) < 4.78 is 5.54. The molecule has 1 aliphatic rings. The Labute approximate surface area is 170 Å². The minimum absolute atomic E-state index is 0.0586. The molecule has 1 saturated heterocycles. The van der Waals surface area contributed by atoms with Gasteiger partial charge in [0, 0.05) is 29.9 Å². The lowest BCUT2D eigenvalue weighted by Crippen LogP contribution is -2.32. The Bertz CT molecular complexity index is 876. The number of nitrogens with one attached hydrogen (secondary N) is 2. The van der Waals surface area contributed by atoms with Gasteiger partial charge in [0.05, 0.1) is 12.6 Å². The maximum Gasteiger partial charge on any atom is 0.251 e. The monoisotopic (exact) mass is 395 g/mol. The maximum atomic E-state index is 12.2. The van der Waals surface area contributed by atoms with Crippen LogP contribution in [0.4, 0.5) is 11.4 Å². The molecule has 7 heteroatoms. The van der Waals surface area contributed by atoms with Crippen molar-refractivity contribution in [2.24, 2.45) is 0 Å². The third kappa shape index (κ3) is 5.57. The molecule has 2 aromatic rings. The zero-order valence-electron chi connectivity index (χ0n) is 16.6. The molecule has 152 valence electrons. The van der Waals surface area contributed by atoms with Crippen LogP contribution in [0.3, 0.4) is 0 Å². The van der Waals surface area contributed by atoms with Gasteiger partial charge in [0.25, 0.3) is 5.91 Å². The van der Waals surface area contributed by atoms with Gasteiger partial charge in [-0.1, -0.05) is 0 Å². The Morgan fingerprint density at radius 1 is 1.07 bits per heavy atom. The number of benzene rings is 2. The summed E-state index contributed by atoms with van der Waals surface area (Å²) >= 11 is 0. The van der Waals surface area contributed by atoms with E-state index in [0.29, 0.717) is 23.4 Å². The molecular formula is C22H25N3O4. The van der Waals surface area contributed by atoms with Crippen LogP contribution in [0, 0.1) is 0 Å². The first kappa shape index (κ1) is 20.4. The van der Waals surface area contributed by atoms with Gasteiger partial charge in [0.2, 0.25) is 11.8 Å². The summed E-state index contributed by atoms with van der Waals surface area (Å²) in [4.78, 5) is 37.8. The highest BCUT2D eigenvalue weighted by Crippen LogP contribution is 2.23. The molecule has 29 heavy (non-hydrogen) atoms. The van der Waals surface area contributed by atoms with E-state index in [1.54, 1.807) is 53.4 Å². The molecule has 0 unspecified atom stereocenters. The van der Waals surface area contributed by atoms with E-state index < -0.39 is 0 Å². The molecule has 1 fully saturated rings. The van der Waals surface area contributed by atoms with Crippen molar-refractivity contribution in [1.82, 2.24) is 5.32 Å². The second kappa shape index (κ2) is 9.23. The third-order valence-corrected chi connectivity index (χ3v) is 4.43. The molecule has 0 spiro atoms. The summed E-state index contributed by atoms with van der Waals surface area (Å²) in [5.74, 6) is 0.143. The summed E-state index contributed by atoms with van der Waals surface area (Å²) in [6.45, 7) is 4.44. The van der Waals surface area contributed by atoms with E-state index in [9.17, 15) is 14.4 Å². The van der Waals surface area contributed by atoms with Gasteiger partial charge in [-0.2, -0.15) is 0 Å². The molecule has 1 aliphatic heterocycles. The standard InChI is InChI=1S/C22H25N3O4/c1-15(2)29-19-11-5-16(6-12-19)22(28)23-14-20(26)24-17-7-9-18(10-8-17)25-13-3-4-21(25)27/h5-12,15H,3-4,13-14H2,1-2H3,(H,23,28)(H,24,26). The minimum atomic E-state index is -0.334. The van der Waals surface area contributed by atoms with Crippen molar-refractivity contribution in [3.63, 3.8) is 0 Å². The molecule has 0 radical (unpaired) electrons. The van der Waals surface area contributed by atoms with E-state index in [0.717, 1.165) is 18.7 Å². The topological polar surface area (TPSA) is 87.7 Å². The number of nitrogens with zero attached hydrogens (tertiary/aromatic N) is 1. The molecule has 2 N–H and O–H groups in total. The van der Waals surface area contributed by atoms with E-state index in [4.69, 9.17) is 4.74 Å². The minimum Gasteiger partial charge on any atom is -0.491 e. The van der Waals surface area contributed by atoms with Crippen LogP contribution in [0.1, 0.15) is 37.0 Å². The zero-order chi connectivity index (χ0) is 20.8. The number of hydrogen-bond acceptors (Lipinski definition) is 4. The fraction of sp³-hybridized carbons (Fsp3) is 0.318. The molecule has 0 aliphatic carbocycles. The number of anilines is 2. The lowest BCUT2D eigenvalue weighted by molar-refractivity contribution is -0.117. The lowest BCUT2D eigenvalue weighted by atomic mass is 10.2. The van der Waals surface area contributed by atoms with Crippen molar-refractivity contribution in [1.29, 1.82) is 0 Å². The average molecular weight is 395 g/mol. The van der Waals surface area contributed by atoms with Crippen LogP contribution in [0.25, 0.3) is 0 Å². The van der Waals surface area contributed by atoms with E-state index >= 15 is 0 Å². The Hall–Kier alpha value is -3.35. The summed E-state index contributed by atoms with van der Waals surface area (Å²) in [5.41, 5.74) is 1.88. The van der Waals surface area contributed by atoms with Crippen molar-refractivity contribution in [2.75, 3.05) is 23.3 Å². The van der Waals surface area contributed by atoms with Crippen LogP contribution in [-0.2, 0) is 9.59 Å². The predicted octanol–water partition coefficient (Wildman–Crippen LogP) is 2.97. The lowest BCUT2D eigenvalue weighted by Gasteiger charge is -2.16. The van der Waals surface area contributed by atoms with E-state index in [-0.39, 0.29) is 30.4 Å². The Morgan fingerprint density at radius 2 is 1.76 bits per heavy atom. The third-order valence-electron chi connectivity index (χ3n) is 4.43. The Kier molecular flexibility index (Phi) is 6.49. The van der Waals surface area contributed by atoms with Crippen LogP contribution in [0.5, 0.6) is 5.75 Å². The van der Waals surface area contributed by atoms with Gasteiger partial charge in [-0.05, 0) is 68.8 Å². The summed E-state index contributed by atoms with van der Waals surface area (Å²) in [7, 11) is 0. The number of hydrogen-bond donors (Lipinski definition) is 2. The molecular weight excluding hydrogens is 370 g/mol. The Balaban J connectivity index is 1.48. The molecule has 1 heterocycles. The highest BCUT2D eigenvalue weighted by molar-refractivity contribution is 5.99. The number of ether oxygens (including phenoxy) is 1. The average Bonchev–Trinajstić information content (AvgIpc) is 3.13. The largest absolute Gasteiger partial charge is 0.491 e. The summed E-state index contributed by atoms with van der Waals surface area (Å²) in [6, 6.07) is 13.9. The first-order valence-electron chi connectivity index (χ1n) is 9.67. The van der Waals surface area contributed by atoms with Crippen molar-refractivity contribution >= 4 is 29.1 Å². The molecule has 0 atom stereocenters. The van der Waals surface area contributed by atoms with Gasteiger partial charge >= 0.3 is 0 Å². The highest BCUT2D eigenvalue weighted by Gasteiger charge is 2.21. The molecule has 3 amide bonds. The smallest absolute Gasteiger partial charge is 0.251 e. The van der Waals surface area contributed by atoms with Gasteiger partial charge in [-0.3, -0.25) is 14.4 Å². The maximum absolute atomic E-state index is 12.2. The van der Waals surface area contributed by atoms with Gasteiger partial charge in [-0.15, -0.1) is 0 Å². The molecule has 0 aromatic heterocycles. The van der Waals surface area contributed by atoms with Crippen LogP contribution >= 0.6 is 0 Å². The zero-order valence-corrected chi connectivity index (χ0v) is 16.6. The summed E-state index contributed by atoms with van der Waals surface area (Å²) in [5, 5.41) is 5.33. The highest BCUT2D eigenvalue weighted by atomic mass is 16.5. The number of amides is 3. The molecule has 0 saturated carbocycles. The quantitative estimate of drug-likeness (QED) is 0.755. The molecule has 7 nitrogen and oxygen atoms in total. The first-order valence-corrected chi connectivity index (χ1v) is 9.67. The van der Waals surface area contributed by atoms with E-state index in [1.165, 1.54) is 0 Å². The van der Waals surface area contributed by atoms with E-state index in [2.05, 4.69) is 10.6 Å². The van der Waals surface area contributed by atoms with Crippen LogP contribution in [0.15, 0.2) is 48.5 Å². The van der Waals surface area contributed by atoms with Crippen molar-refractivity contribution in [2.45, 2.75) is 32.8 Å². The van der Waals surface area contributed by atoms with Crippen LogP contribution in [0.2, 0.25) is 0 Å². The van der Waals surface area contributed by atoms with E-state index in [1.807, 2.05) is 13.8 Å². The first-order chi connectivity index (χ1) is 13.9.